The predicted octanol–water partition coefficient (Wildman–Crippen LogP) is 4.38. The van der Waals surface area contributed by atoms with E-state index in [1.807, 2.05) is 38.2 Å². The Kier molecular flexibility index (Phi) is 5.04. The summed E-state index contributed by atoms with van der Waals surface area (Å²) in [6.45, 7) is 3.33. The van der Waals surface area contributed by atoms with Crippen LogP contribution in [0.25, 0.3) is 11.1 Å². The lowest BCUT2D eigenvalue weighted by molar-refractivity contribution is 0.198. The molecule has 2 aromatic rings. The molecule has 0 aromatic heterocycles. The first kappa shape index (κ1) is 17.4. The zero-order chi connectivity index (χ0) is 18.0. The van der Waals surface area contributed by atoms with Crippen molar-refractivity contribution in [1.82, 2.24) is 4.90 Å². The summed E-state index contributed by atoms with van der Waals surface area (Å²) in [5.74, 6) is -0.372. The van der Waals surface area contributed by atoms with Crippen LogP contribution >= 0.6 is 0 Å². The van der Waals surface area contributed by atoms with Crippen molar-refractivity contribution < 1.29 is 14.3 Å². The van der Waals surface area contributed by atoms with Gasteiger partial charge in [-0.2, -0.15) is 0 Å². The molecule has 4 nitrogen and oxygen atoms in total. The van der Waals surface area contributed by atoms with Crippen LogP contribution in [-0.4, -0.2) is 42.3 Å². The van der Waals surface area contributed by atoms with Crippen LogP contribution in [0.3, 0.4) is 0 Å². The first-order valence-corrected chi connectivity index (χ1v) is 8.53. The molecule has 0 saturated carbocycles. The zero-order valence-electron chi connectivity index (χ0n) is 14.6. The number of halogens is 1. The fourth-order valence-electron chi connectivity index (χ4n) is 3.49. The lowest BCUT2D eigenvalue weighted by atomic mass is 10.0. The molecule has 2 aromatic carbocycles. The molecule has 0 radical (unpaired) electrons. The highest BCUT2D eigenvalue weighted by molar-refractivity contribution is 5.93. The van der Waals surface area contributed by atoms with Crippen molar-refractivity contribution in [3.8, 4) is 11.1 Å². The van der Waals surface area contributed by atoms with Crippen LogP contribution in [0.2, 0.25) is 0 Å². The van der Waals surface area contributed by atoms with Crippen molar-refractivity contribution in [1.29, 1.82) is 0 Å². The van der Waals surface area contributed by atoms with E-state index >= 15 is 0 Å². The Balaban J connectivity index is 2.02. The molecule has 1 fully saturated rings. The maximum atomic E-state index is 13.9. The SMILES string of the molecule is Cc1cccc(-c2cc(F)ccc2N(CC2CCCN2C)C(=O)O)c1. The first-order chi connectivity index (χ1) is 12.0. The molecule has 132 valence electrons. The van der Waals surface area contributed by atoms with E-state index in [4.69, 9.17) is 0 Å². The molecule has 1 aliphatic rings. The van der Waals surface area contributed by atoms with Crippen LogP contribution in [0, 0.1) is 12.7 Å². The van der Waals surface area contributed by atoms with Crippen LogP contribution in [0.1, 0.15) is 18.4 Å². The minimum Gasteiger partial charge on any atom is -0.465 e. The molecule has 25 heavy (non-hydrogen) atoms. The number of hydrogen-bond donors (Lipinski definition) is 1. The normalized spacial score (nSPS) is 17.6. The number of hydrogen-bond acceptors (Lipinski definition) is 2. The topological polar surface area (TPSA) is 43.8 Å². The minimum absolute atomic E-state index is 0.187. The predicted molar refractivity (Wildman–Crippen MR) is 97.6 cm³/mol. The first-order valence-electron chi connectivity index (χ1n) is 8.53. The Morgan fingerprint density at radius 2 is 2.12 bits per heavy atom. The van der Waals surface area contributed by atoms with Gasteiger partial charge in [0, 0.05) is 18.2 Å². The van der Waals surface area contributed by atoms with E-state index in [2.05, 4.69) is 4.90 Å². The summed E-state index contributed by atoms with van der Waals surface area (Å²) in [6.07, 6.45) is 1.03. The third-order valence-electron chi connectivity index (χ3n) is 4.87. The number of nitrogens with zero attached hydrogens (tertiary/aromatic N) is 2. The highest BCUT2D eigenvalue weighted by Gasteiger charge is 2.28. The molecule has 0 bridgehead atoms. The Labute approximate surface area is 147 Å². The average Bonchev–Trinajstić information content (AvgIpc) is 2.97. The number of benzene rings is 2. The van der Waals surface area contributed by atoms with Gasteiger partial charge in [0.05, 0.1) is 5.69 Å². The highest BCUT2D eigenvalue weighted by atomic mass is 19.1. The molecular weight excluding hydrogens is 319 g/mol. The molecule has 1 heterocycles. The number of likely N-dealkylation sites (N-methyl/N-ethyl adjacent to an activating group) is 1. The zero-order valence-corrected chi connectivity index (χ0v) is 14.6. The molecule has 0 spiro atoms. The molecule has 1 amide bonds. The number of rotatable bonds is 4. The van der Waals surface area contributed by atoms with Crippen LogP contribution in [0.5, 0.6) is 0 Å². The number of carbonyl (C=O) groups is 1. The molecule has 5 heteroatoms. The Hall–Kier alpha value is -2.40. The van der Waals surface area contributed by atoms with Gasteiger partial charge in [0.1, 0.15) is 5.82 Å². The van der Waals surface area contributed by atoms with E-state index in [9.17, 15) is 14.3 Å². The summed E-state index contributed by atoms with van der Waals surface area (Å²) in [6, 6.07) is 12.2. The van der Waals surface area contributed by atoms with Gasteiger partial charge in [0.25, 0.3) is 0 Å². The monoisotopic (exact) mass is 342 g/mol. The van der Waals surface area contributed by atoms with Gasteiger partial charge in [-0.25, -0.2) is 9.18 Å². The van der Waals surface area contributed by atoms with E-state index < -0.39 is 6.09 Å². The molecule has 1 unspecified atom stereocenters. The number of anilines is 1. The Morgan fingerprint density at radius 3 is 2.76 bits per heavy atom. The van der Waals surface area contributed by atoms with Gasteiger partial charge >= 0.3 is 6.09 Å². The Bertz CT molecular complexity index is 778. The highest BCUT2D eigenvalue weighted by Crippen LogP contribution is 2.33. The van der Waals surface area contributed by atoms with Gasteiger partial charge < -0.3 is 10.0 Å². The Morgan fingerprint density at radius 1 is 1.32 bits per heavy atom. The molecule has 3 rings (SSSR count). The van der Waals surface area contributed by atoms with Gasteiger partial charge in [-0.05, 0) is 57.1 Å². The van der Waals surface area contributed by atoms with E-state index in [0.29, 0.717) is 17.8 Å². The smallest absolute Gasteiger partial charge is 0.411 e. The molecule has 1 saturated heterocycles. The average molecular weight is 342 g/mol. The number of amides is 1. The van der Waals surface area contributed by atoms with E-state index in [0.717, 1.165) is 30.5 Å². The van der Waals surface area contributed by atoms with Gasteiger partial charge in [-0.15, -0.1) is 0 Å². The second-order valence-corrected chi connectivity index (χ2v) is 6.70. The third kappa shape index (κ3) is 3.82. The van der Waals surface area contributed by atoms with Crippen LogP contribution in [0.15, 0.2) is 42.5 Å². The molecular formula is C20H23FN2O2. The van der Waals surface area contributed by atoms with Gasteiger partial charge in [0.15, 0.2) is 0 Å². The van der Waals surface area contributed by atoms with E-state index in [-0.39, 0.29) is 11.9 Å². The van der Waals surface area contributed by atoms with Crippen molar-refractivity contribution in [2.45, 2.75) is 25.8 Å². The largest absolute Gasteiger partial charge is 0.465 e. The van der Waals surface area contributed by atoms with Crippen LogP contribution < -0.4 is 4.90 Å². The van der Waals surface area contributed by atoms with Crippen LogP contribution in [0.4, 0.5) is 14.9 Å². The molecule has 1 N–H and O–H groups in total. The third-order valence-corrected chi connectivity index (χ3v) is 4.87. The number of likely N-dealkylation sites (tertiary alicyclic amines) is 1. The van der Waals surface area contributed by atoms with Crippen LogP contribution in [-0.2, 0) is 0 Å². The standard InChI is InChI=1S/C20H23FN2O2/c1-14-5-3-6-15(11-14)18-12-16(21)8-9-19(18)23(20(24)25)13-17-7-4-10-22(17)2/h3,5-6,8-9,11-12,17H,4,7,10,13H2,1-2H3,(H,24,25). The van der Waals surface area contributed by atoms with Crippen molar-refractivity contribution in [3.63, 3.8) is 0 Å². The second-order valence-electron chi connectivity index (χ2n) is 6.70. The quantitative estimate of drug-likeness (QED) is 0.897. The maximum Gasteiger partial charge on any atom is 0.411 e. The van der Waals surface area contributed by atoms with Gasteiger partial charge in [0.2, 0.25) is 0 Å². The summed E-state index contributed by atoms with van der Waals surface area (Å²) in [4.78, 5) is 15.5. The summed E-state index contributed by atoms with van der Waals surface area (Å²) in [5, 5.41) is 9.78. The molecule has 1 aliphatic heterocycles. The fraction of sp³-hybridized carbons (Fsp3) is 0.350. The summed E-state index contributed by atoms with van der Waals surface area (Å²) >= 11 is 0. The fourth-order valence-corrected chi connectivity index (χ4v) is 3.49. The lowest BCUT2D eigenvalue weighted by Gasteiger charge is -2.28. The van der Waals surface area contributed by atoms with Crippen molar-refractivity contribution in [2.24, 2.45) is 0 Å². The van der Waals surface area contributed by atoms with E-state index in [1.165, 1.54) is 17.0 Å². The summed E-state index contributed by atoms with van der Waals surface area (Å²) in [5.41, 5.74) is 3.00. The van der Waals surface area contributed by atoms with Gasteiger partial charge in [-0.3, -0.25) is 4.90 Å². The molecule has 1 atom stereocenters. The minimum atomic E-state index is -1.01. The number of carboxylic acid groups (broad SMARTS) is 1. The summed E-state index contributed by atoms with van der Waals surface area (Å²) < 4.78 is 13.9. The lowest BCUT2D eigenvalue weighted by Crippen LogP contribution is -2.41. The van der Waals surface area contributed by atoms with Crippen molar-refractivity contribution in [2.75, 3.05) is 25.0 Å². The van der Waals surface area contributed by atoms with Crippen molar-refractivity contribution >= 4 is 11.8 Å². The van der Waals surface area contributed by atoms with E-state index in [1.54, 1.807) is 6.07 Å². The van der Waals surface area contributed by atoms with Crippen molar-refractivity contribution in [3.05, 3.63) is 53.8 Å². The number of aryl methyl sites for hydroxylation is 1. The second kappa shape index (κ2) is 7.23. The maximum absolute atomic E-state index is 13.9. The summed E-state index contributed by atoms with van der Waals surface area (Å²) in [7, 11) is 2.02. The molecule has 0 aliphatic carbocycles. The van der Waals surface area contributed by atoms with Gasteiger partial charge in [-0.1, -0.05) is 29.8 Å².